The third-order valence-electron chi connectivity index (χ3n) is 4.45. The standard InChI is InChI=1S/C21H17ClN4O3S/c1-12-10-14(11-15(22)18(12)26-30(2,28)29)20-19(13-6-4-3-5-7-13)25-21-16(23-20)8-9-17(27)24-21/h3-11,26H,1-2H3,(H,24,25,27). The monoisotopic (exact) mass is 440 g/mol. The summed E-state index contributed by atoms with van der Waals surface area (Å²) in [5, 5.41) is 0.248. The Morgan fingerprint density at radius 1 is 0.967 bits per heavy atom. The van der Waals surface area contributed by atoms with E-state index in [1.54, 1.807) is 25.1 Å². The second kappa shape index (κ2) is 7.55. The quantitative estimate of drug-likeness (QED) is 0.499. The Bertz CT molecular complexity index is 1410. The first-order valence-corrected chi connectivity index (χ1v) is 11.2. The van der Waals surface area contributed by atoms with Gasteiger partial charge in [0.1, 0.15) is 5.52 Å². The molecule has 2 aromatic carbocycles. The molecule has 0 saturated heterocycles. The second-order valence-corrected chi connectivity index (χ2v) is 9.02. The zero-order chi connectivity index (χ0) is 21.5. The van der Waals surface area contributed by atoms with Gasteiger partial charge in [-0.3, -0.25) is 9.52 Å². The van der Waals surface area contributed by atoms with E-state index in [1.807, 2.05) is 30.3 Å². The van der Waals surface area contributed by atoms with Crippen molar-refractivity contribution in [1.82, 2.24) is 15.0 Å². The number of H-pyrrole nitrogens is 1. The number of fused-ring (bicyclic) bond motifs is 1. The van der Waals surface area contributed by atoms with Gasteiger partial charge in [0.05, 0.1) is 28.4 Å². The third-order valence-corrected chi connectivity index (χ3v) is 5.33. The molecule has 0 amide bonds. The number of halogens is 1. The number of nitrogens with zero attached hydrogens (tertiary/aromatic N) is 2. The molecule has 0 bridgehead atoms. The number of aryl methyl sites for hydroxylation is 1. The van der Waals surface area contributed by atoms with Crippen molar-refractivity contribution in [2.45, 2.75) is 6.92 Å². The number of benzene rings is 2. The van der Waals surface area contributed by atoms with Gasteiger partial charge in [-0.2, -0.15) is 0 Å². The van der Waals surface area contributed by atoms with Gasteiger partial charge in [0.2, 0.25) is 15.6 Å². The molecule has 2 heterocycles. The van der Waals surface area contributed by atoms with E-state index >= 15 is 0 Å². The normalized spacial score (nSPS) is 11.6. The fraction of sp³-hybridized carbons (Fsp3) is 0.0952. The number of aromatic nitrogens is 3. The lowest BCUT2D eigenvalue weighted by molar-refractivity contribution is 0.607. The van der Waals surface area contributed by atoms with E-state index in [9.17, 15) is 13.2 Å². The van der Waals surface area contributed by atoms with Crippen molar-refractivity contribution >= 4 is 38.5 Å². The van der Waals surface area contributed by atoms with E-state index in [1.165, 1.54) is 6.07 Å². The molecule has 0 aliphatic heterocycles. The smallest absolute Gasteiger partial charge is 0.249 e. The Morgan fingerprint density at radius 3 is 2.33 bits per heavy atom. The van der Waals surface area contributed by atoms with Gasteiger partial charge in [-0.25, -0.2) is 18.4 Å². The van der Waals surface area contributed by atoms with Crippen LogP contribution in [0.4, 0.5) is 5.69 Å². The largest absolute Gasteiger partial charge is 0.305 e. The first-order valence-electron chi connectivity index (χ1n) is 8.96. The summed E-state index contributed by atoms with van der Waals surface area (Å²) in [6.07, 6.45) is 1.07. The summed E-state index contributed by atoms with van der Waals surface area (Å²) in [5.74, 6) is 0. The lowest BCUT2D eigenvalue weighted by Crippen LogP contribution is -2.11. The van der Waals surface area contributed by atoms with Crippen LogP contribution in [0.5, 0.6) is 0 Å². The molecule has 2 N–H and O–H groups in total. The van der Waals surface area contributed by atoms with Gasteiger partial charge in [-0.15, -0.1) is 0 Å². The highest BCUT2D eigenvalue weighted by atomic mass is 35.5. The second-order valence-electron chi connectivity index (χ2n) is 6.87. The van der Waals surface area contributed by atoms with Crippen molar-refractivity contribution in [2.24, 2.45) is 0 Å². The van der Waals surface area contributed by atoms with Crippen molar-refractivity contribution in [3.8, 4) is 22.5 Å². The molecule has 2 aromatic heterocycles. The van der Waals surface area contributed by atoms with Crippen molar-refractivity contribution in [3.63, 3.8) is 0 Å². The van der Waals surface area contributed by atoms with Crippen LogP contribution in [-0.2, 0) is 10.0 Å². The summed E-state index contributed by atoms with van der Waals surface area (Å²) in [5.41, 5.74) is 4.24. The van der Waals surface area contributed by atoms with E-state index in [0.717, 1.165) is 11.8 Å². The van der Waals surface area contributed by atoms with E-state index in [0.29, 0.717) is 39.4 Å². The maximum atomic E-state index is 11.7. The maximum Gasteiger partial charge on any atom is 0.249 e. The molecule has 4 aromatic rings. The first kappa shape index (κ1) is 20.1. The molecule has 0 spiro atoms. The topological polar surface area (TPSA) is 105 Å². The number of sulfonamides is 1. The molecular formula is C21H17ClN4O3S. The van der Waals surface area contributed by atoms with Crippen molar-refractivity contribution < 1.29 is 8.42 Å². The van der Waals surface area contributed by atoms with Crippen LogP contribution in [-0.4, -0.2) is 29.6 Å². The molecule has 0 aliphatic rings. The van der Waals surface area contributed by atoms with Crippen LogP contribution in [0, 0.1) is 6.92 Å². The summed E-state index contributed by atoms with van der Waals surface area (Å²) in [7, 11) is -3.48. The lowest BCUT2D eigenvalue weighted by atomic mass is 10.0. The molecule has 30 heavy (non-hydrogen) atoms. The molecule has 0 saturated carbocycles. The molecule has 0 unspecified atom stereocenters. The average molecular weight is 441 g/mol. The number of rotatable bonds is 4. The predicted octanol–water partition coefficient (Wildman–Crippen LogP) is 3.99. The van der Waals surface area contributed by atoms with E-state index < -0.39 is 10.0 Å². The number of anilines is 1. The summed E-state index contributed by atoms with van der Waals surface area (Å²) >= 11 is 6.41. The minimum Gasteiger partial charge on any atom is -0.305 e. The Balaban J connectivity index is 1.98. The van der Waals surface area contributed by atoms with Crippen LogP contribution >= 0.6 is 11.6 Å². The minimum absolute atomic E-state index is 0.248. The summed E-state index contributed by atoms with van der Waals surface area (Å²) < 4.78 is 25.7. The maximum absolute atomic E-state index is 11.7. The average Bonchev–Trinajstić information content (AvgIpc) is 2.69. The lowest BCUT2D eigenvalue weighted by Gasteiger charge is -2.14. The number of aromatic amines is 1. The van der Waals surface area contributed by atoms with E-state index in [2.05, 4.69) is 14.7 Å². The van der Waals surface area contributed by atoms with Crippen LogP contribution in [0.15, 0.2) is 59.4 Å². The van der Waals surface area contributed by atoms with Gasteiger partial charge in [0, 0.05) is 17.2 Å². The zero-order valence-corrected chi connectivity index (χ0v) is 17.7. The number of pyridine rings is 1. The van der Waals surface area contributed by atoms with Crippen LogP contribution in [0.25, 0.3) is 33.7 Å². The molecule has 0 atom stereocenters. The summed E-state index contributed by atoms with van der Waals surface area (Å²) in [4.78, 5) is 23.8. The molecule has 0 radical (unpaired) electrons. The summed E-state index contributed by atoms with van der Waals surface area (Å²) in [6.45, 7) is 1.76. The molecule has 7 nitrogen and oxygen atoms in total. The fourth-order valence-electron chi connectivity index (χ4n) is 3.16. The highest BCUT2D eigenvalue weighted by Gasteiger charge is 2.17. The van der Waals surface area contributed by atoms with Crippen molar-refractivity contribution in [3.05, 3.63) is 75.5 Å². The summed E-state index contributed by atoms with van der Waals surface area (Å²) in [6, 6.07) is 15.9. The van der Waals surface area contributed by atoms with Gasteiger partial charge in [0.25, 0.3) is 0 Å². The Morgan fingerprint density at radius 2 is 1.67 bits per heavy atom. The van der Waals surface area contributed by atoms with Gasteiger partial charge in [-0.05, 0) is 30.7 Å². The highest BCUT2D eigenvalue weighted by molar-refractivity contribution is 7.92. The number of hydrogen-bond donors (Lipinski definition) is 2. The number of nitrogens with one attached hydrogen (secondary N) is 2. The van der Waals surface area contributed by atoms with Crippen LogP contribution in [0.3, 0.4) is 0 Å². The Kier molecular flexibility index (Phi) is 5.05. The van der Waals surface area contributed by atoms with Gasteiger partial charge in [-0.1, -0.05) is 41.9 Å². The van der Waals surface area contributed by atoms with E-state index in [4.69, 9.17) is 16.6 Å². The fourth-order valence-corrected chi connectivity index (χ4v) is 4.18. The van der Waals surface area contributed by atoms with Gasteiger partial charge in [0.15, 0.2) is 5.65 Å². The molecule has 0 aliphatic carbocycles. The number of hydrogen-bond acceptors (Lipinski definition) is 5. The van der Waals surface area contributed by atoms with Crippen molar-refractivity contribution in [2.75, 3.05) is 11.0 Å². The first-order chi connectivity index (χ1) is 14.2. The molecule has 4 rings (SSSR count). The van der Waals surface area contributed by atoms with Crippen LogP contribution in [0.2, 0.25) is 5.02 Å². The predicted molar refractivity (Wildman–Crippen MR) is 119 cm³/mol. The van der Waals surface area contributed by atoms with Crippen LogP contribution in [0.1, 0.15) is 5.56 Å². The Hall–Kier alpha value is -3.23. The van der Waals surface area contributed by atoms with E-state index in [-0.39, 0.29) is 10.6 Å². The zero-order valence-electron chi connectivity index (χ0n) is 16.1. The van der Waals surface area contributed by atoms with Crippen LogP contribution < -0.4 is 10.3 Å². The minimum atomic E-state index is -3.48. The SMILES string of the molecule is Cc1cc(-c2nc3ccc(=O)[nH]c3nc2-c2ccccc2)cc(Cl)c1NS(C)(=O)=O. The molecule has 9 heteroatoms. The van der Waals surface area contributed by atoms with Gasteiger partial charge < -0.3 is 4.98 Å². The highest BCUT2D eigenvalue weighted by Crippen LogP contribution is 2.36. The Labute approximate surface area is 177 Å². The molecule has 0 fully saturated rings. The third kappa shape index (κ3) is 4.05. The van der Waals surface area contributed by atoms with Crippen molar-refractivity contribution in [1.29, 1.82) is 0 Å². The molecule has 152 valence electrons. The van der Waals surface area contributed by atoms with Gasteiger partial charge >= 0.3 is 0 Å². The molecular weight excluding hydrogens is 424 g/mol.